The van der Waals surface area contributed by atoms with E-state index < -0.39 is 0 Å². The Morgan fingerprint density at radius 2 is 1.28 bits per heavy atom. The van der Waals surface area contributed by atoms with Crippen LogP contribution >= 0.6 is 0 Å². The van der Waals surface area contributed by atoms with Crippen molar-refractivity contribution in [2.75, 3.05) is 0 Å². The molecule has 0 radical (unpaired) electrons. The fraction of sp³-hybridized carbons (Fsp3) is 0.105. The number of nitrogens with zero attached hydrogens (tertiary/aromatic N) is 1. The van der Waals surface area contributed by atoms with E-state index in [2.05, 4.69) is 147 Å². The average Bonchev–Trinajstić information content (AvgIpc) is 3.40. The second-order valence-electron chi connectivity index (χ2n) is 11.5. The summed E-state index contributed by atoms with van der Waals surface area (Å²) in [5.41, 5.74) is 13.0. The second kappa shape index (κ2) is 7.94. The van der Waals surface area contributed by atoms with E-state index in [1.807, 2.05) is 0 Å². The molecule has 0 N–H and O–H groups in total. The molecule has 0 aliphatic heterocycles. The van der Waals surface area contributed by atoms with Crippen LogP contribution in [-0.4, -0.2) is 4.57 Å². The van der Waals surface area contributed by atoms with Crippen molar-refractivity contribution in [2.45, 2.75) is 26.2 Å². The molecule has 0 unspecified atom stereocenters. The lowest BCUT2D eigenvalue weighted by molar-refractivity contribution is 0.661. The Morgan fingerprint density at radius 3 is 2.18 bits per heavy atom. The smallest absolute Gasteiger partial charge is 0.0544 e. The van der Waals surface area contributed by atoms with Gasteiger partial charge in [-0.25, -0.2) is 0 Å². The Morgan fingerprint density at radius 1 is 0.513 bits per heavy atom. The third kappa shape index (κ3) is 3.14. The van der Waals surface area contributed by atoms with Crippen LogP contribution in [0.5, 0.6) is 0 Å². The van der Waals surface area contributed by atoms with Crippen molar-refractivity contribution < 1.29 is 0 Å². The zero-order valence-corrected chi connectivity index (χ0v) is 22.5. The third-order valence-corrected chi connectivity index (χ3v) is 8.83. The molecule has 0 saturated heterocycles. The Bertz CT molecular complexity index is 2100. The van der Waals surface area contributed by atoms with Gasteiger partial charge in [-0.2, -0.15) is 0 Å². The van der Waals surface area contributed by atoms with Gasteiger partial charge in [0.15, 0.2) is 0 Å². The minimum atomic E-state index is -0.0464. The van der Waals surface area contributed by atoms with Crippen LogP contribution in [-0.2, 0) is 5.41 Å². The zero-order chi connectivity index (χ0) is 26.3. The predicted molar refractivity (Wildman–Crippen MR) is 166 cm³/mol. The van der Waals surface area contributed by atoms with Gasteiger partial charge in [0.05, 0.1) is 16.7 Å². The molecular weight excluding hydrogens is 470 g/mol. The summed E-state index contributed by atoms with van der Waals surface area (Å²) in [7, 11) is 0. The molecule has 0 bridgehead atoms. The molecule has 0 fully saturated rings. The maximum atomic E-state index is 2.50. The SMILES string of the molecule is Cc1ccc(-c2ccc3ccccc3c2)c(-n2c3ccccc3c3cc4c(cc32)C(C)(C)c2ccccc2-4)c1. The van der Waals surface area contributed by atoms with E-state index >= 15 is 0 Å². The van der Waals surface area contributed by atoms with E-state index in [1.165, 1.54) is 77.2 Å². The number of hydrogen-bond acceptors (Lipinski definition) is 0. The molecular formula is C38H29N. The first-order chi connectivity index (χ1) is 19.0. The number of para-hydroxylation sites is 1. The molecule has 0 amide bonds. The van der Waals surface area contributed by atoms with Crippen LogP contribution in [0.3, 0.4) is 0 Å². The van der Waals surface area contributed by atoms with E-state index in [4.69, 9.17) is 0 Å². The van der Waals surface area contributed by atoms with Gasteiger partial charge >= 0.3 is 0 Å². The van der Waals surface area contributed by atoms with E-state index in [0.717, 1.165) is 0 Å². The standard InChI is InChI=1S/C38H29N/c1-24-16-19-28(27-18-17-25-10-4-5-11-26(25)21-27)36(20-24)39-35-15-9-7-13-30(35)32-22-31-29-12-6-8-14-33(29)38(2,3)34(31)23-37(32)39/h4-23H,1-3H3. The molecule has 8 rings (SSSR count). The Hall–Kier alpha value is -4.62. The van der Waals surface area contributed by atoms with Crippen LogP contribution in [0.25, 0.3) is 60.5 Å². The van der Waals surface area contributed by atoms with Gasteiger partial charge in [0.1, 0.15) is 0 Å². The first-order valence-corrected chi connectivity index (χ1v) is 13.8. The summed E-state index contributed by atoms with van der Waals surface area (Å²) in [6.45, 7) is 6.92. The van der Waals surface area contributed by atoms with E-state index in [-0.39, 0.29) is 5.41 Å². The highest BCUT2D eigenvalue weighted by atomic mass is 15.0. The van der Waals surface area contributed by atoms with Crippen LogP contribution in [0.2, 0.25) is 0 Å². The zero-order valence-electron chi connectivity index (χ0n) is 22.5. The fourth-order valence-corrected chi connectivity index (χ4v) is 6.85. The summed E-state index contributed by atoms with van der Waals surface area (Å²) in [5, 5.41) is 5.14. The highest BCUT2D eigenvalue weighted by Gasteiger charge is 2.36. The first-order valence-electron chi connectivity index (χ1n) is 13.8. The van der Waals surface area contributed by atoms with Crippen LogP contribution in [0.15, 0.2) is 121 Å². The summed E-state index contributed by atoms with van der Waals surface area (Å²) in [6.07, 6.45) is 0. The Balaban J connectivity index is 1.47. The normalized spacial score (nSPS) is 13.7. The number of fused-ring (bicyclic) bond motifs is 7. The van der Waals surface area contributed by atoms with Crippen LogP contribution in [0.1, 0.15) is 30.5 Å². The lowest BCUT2D eigenvalue weighted by Crippen LogP contribution is -2.15. The topological polar surface area (TPSA) is 4.93 Å². The van der Waals surface area contributed by atoms with Crippen LogP contribution in [0, 0.1) is 6.92 Å². The van der Waals surface area contributed by atoms with Gasteiger partial charge in [0.25, 0.3) is 0 Å². The number of hydrogen-bond donors (Lipinski definition) is 0. The van der Waals surface area contributed by atoms with E-state index in [1.54, 1.807) is 0 Å². The van der Waals surface area contributed by atoms with Gasteiger partial charge in [-0.05, 0) is 81.4 Å². The van der Waals surface area contributed by atoms with Crippen molar-refractivity contribution in [3.05, 3.63) is 138 Å². The average molecular weight is 500 g/mol. The van der Waals surface area contributed by atoms with Crippen molar-refractivity contribution in [3.8, 4) is 27.9 Å². The molecule has 1 heteroatoms. The number of benzene rings is 6. The largest absolute Gasteiger partial charge is 0.309 e. The highest BCUT2D eigenvalue weighted by molar-refractivity contribution is 6.12. The molecule has 1 aromatic heterocycles. The molecule has 39 heavy (non-hydrogen) atoms. The first kappa shape index (κ1) is 22.4. The summed E-state index contributed by atoms with van der Waals surface area (Å²) in [5.74, 6) is 0. The second-order valence-corrected chi connectivity index (χ2v) is 11.5. The quantitative estimate of drug-likeness (QED) is 0.223. The molecule has 6 aromatic carbocycles. The van der Waals surface area contributed by atoms with E-state index in [0.29, 0.717) is 0 Å². The maximum Gasteiger partial charge on any atom is 0.0544 e. The van der Waals surface area contributed by atoms with E-state index in [9.17, 15) is 0 Å². The minimum absolute atomic E-state index is 0.0464. The number of aromatic nitrogens is 1. The Kier molecular flexibility index (Phi) is 4.56. The third-order valence-electron chi connectivity index (χ3n) is 8.83. The monoisotopic (exact) mass is 499 g/mol. The lowest BCUT2D eigenvalue weighted by atomic mass is 9.82. The summed E-state index contributed by atoms with van der Waals surface area (Å²) in [6, 6.07) is 45.0. The molecule has 0 spiro atoms. The molecule has 1 heterocycles. The highest BCUT2D eigenvalue weighted by Crippen LogP contribution is 2.51. The lowest BCUT2D eigenvalue weighted by Gasteiger charge is -2.22. The van der Waals surface area contributed by atoms with Crippen LogP contribution in [0.4, 0.5) is 0 Å². The molecule has 0 saturated carbocycles. The molecule has 0 atom stereocenters. The number of aryl methyl sites for hydroxylation is 1. The van der Waals surface area contributed by atoms with Gasteiger partial charge in [0.2, 0.25) is 0 Å². The van der Waals surface area contributed by atoms with Gasteiger partial charge in [0, 0.05) is 21.8 Å². The van der Waals surface area contributed by atoms with Crippen molar-refractivity contribution in [2.24, 2.45) is 0 Å². The van der Waals surface area contributed by atoms with Crippen molar-refractivity contribution in [1.82, 2.24) is 4.57 Å². The fourth-order valence-electron chi connectivity index (χ4n) is 6.85. The van der Waals surface area contributed by atoms with Gasteiger partial charge in [-0.15, -0.1) is 0 Å². The summed E-state index contributed by atoms with van der Waals surface area (Å²) >= 11 is 0. The molecule has 1 nitrogen and oxygen atoms in total. The Labute approximate surface area is 229 Å². The van der Waals surface area contributed by atoms with Crippen molar-refractivity contribution >= 4 is 32.6 Å². The van der Waals surface area contributed by atoms with Crippen molar-refractivity contribution in [3.63, 3.8) is 0 Å². The van der Waals surface area contributed by atoms with Gasteiger partial charge in [-0.3, -0.25) is 0 Å². The summed E-state index contributed by atoms with van der Waals surface area (Å²) < 4.78 is 2.50. The maximum absolute atomic E-state index is 2.50. The molecule has 7 aromatic rings. The summed E-state index contributed by atoms with van der Waals surface area (Å²) in [4.78, 5) is 0. The number of rotatable bonds is 2. The van der Waals surface area contributed by atoms with Crippen molar-refractivity contribution in [1.29, 1.82) is 0 Å². The molecule has 1 aliphatic carbocycles. The minimum Gasteiger partial charge on any atom is -0.309 e. The molecule has 1 aliphatic rings. The van der Waals surface area contributed by atoms with Crippen LogP contribution < -0.4 is 0 Å². The van der Waals surface area contributed by atoms with Gasteiger partial charge in [-0.1, -0.05) is 105 Å². The molecule has 186 valence electrons. The van der Waals surface area contributed by atoms with Gasteiger partial charge < -0.3 is 4.57 Å². The predicted octanol–water partition coefficient (Wildman–Crippen LogP) is 10.2.